The molecule has 4 heteroatoms. The highest BCUT2D eigenvalue weighted by molar-refractivity contribution is 9.09. The van der Waals surface area contributed by atoms with Gasteiger partial charge in [-0.3, -0.25) is 4.79 Å². The number of rotatable bonds is 5. The molecule has 18 heavy (non-hydrogen) atoms. The molecule has 0 radical (unpaired) electrons. The Morgan fingerprint density at radius 2 is 2.06 bits per heavy atom. The van der Waals surface area contributed by atoms with Crippen LogP contribution in [-0.2, 0) is 0 Å². The summed E-state index contributed by atoms with van der Waals surface area (Å²) in [7, 11) is 0. The number of benzene rings is 1. The van der Waals surface area contributed by atoms with Crippen molar-refractivity contribution in [3.05, 3.63) is 29.8 Å². The number of hydrogen-bond acceptors (Lipinski definition) is 2. The van der Waals surface area contributed by atoms with E-state index in [4.69, 9.17) is 4.74 Å². The molecular formula is C14H18BrNO2. The van der Waals surface area contributed by atoms with Crippen molar-refractivity contribution in [3.63, 3.8) is 0 Å². The van der Waals surface area contributed by atoms with Crippen LogP contribution in [0.4, 0.5) is 0 Å². The summed E-state index contributed by atoms with van der Waals surface area (Å²) < 4.78 is 5.36. The third-order valence-electron chi connectivity index (χ3n) is 3.37. The van der Waals surface area contributed by atoms with Gasteiger partial charge in [0.25, 0.3) is 5.91 Å². The van der Waals surface area contributed by atoms with E-state index in [1.54, 1.807) is 12.1 Å². The summed E-state index contributed by atoms with van der Waals surface area (Å²) in [6, 6.07) is 7.28. The van der Waals surface area contributed by atoms with Gasteiger partial charge in [0.1, 0.15) is 5.75 Å². The van der Waals surface area contributed by atoms with Crippen LogP contribution in [0.2, 0.25) is 0 Å². The first-order chi connectivity index (χ1) is 8.69. The van der Waals surface area contributed by atoms with Crippen molar-refractivity contribution in [2.45, 2.75) is 31.7 Å². The Morgan fingerprint density at radius 3 is 2.50 bits per heavy atom. The van der Waals surface area contributed by atoms with E-state index < -0.39 is 0 Å². The van der Waals surface area contributed by atoms with Crippen LogP contribution in [0.5, 0.6) is 5.75 Å². The van der Waals surface area contributed by atoms with Crippen LogP contribution in [0, 0.1) is 0 Å². The molecule has 0 atom stereocenters. The number of carbonyl (C=O) groups is 1. The standard InChI is InChI=1S/C14H18BrNO2/c1-2-18-12-6-4-11(5-7-12)13(17)16-14(10-15)8-3-9-14/h4-7H,2-3,8-10H2,1H3,(H,16,17). The first-order valence-corrected chi connectivity index (χ1v) is 7.42. The van der Waals surface area contributed by atoms with E-state index in [0.717, 1.165) is 23.9 Å². The van der Waals surface area contributed by atoms with Crippen molar-refractivity contribution in [1.82, 2.24) is 5.32 Å². The molecule has 0 heterocycles. The highest BCUT2D eigenvalue weighted by atomic mass is 79.9. The van der Waals surface area contributed by atoms with E-state index in [2.05, 4.69) is 21.2 Å². The van der Waals surface area contributed by atoms with Gasteiger partial charge in [-0.15, -0.1) is 0 Å². The molecule has 1 aliphatic carbocycles. The molecule has 98 valence electrons. The van der Waals surface area contributed by atoms with Gasteiger partial charge in [-0.1, -0.05) is 15.9 Å². The molecule has 0 aliphatic heterocycles. The summed E-state index contributed by atoms with van der Waals surface area (Å²) in [5, 5.41) is 3.94. The number of halogens is 1. The maximum absolute atomic E-state index is 12.1. The van der Waals surface area contributed by atoms with Crippen molar-refractivity contribution in [1.29, 1.82) is 0 Å². The molecule has 1 aromatic rings. The second-order valence-corrected chi connectivity index (χ2v) is 5.24. The molecule has 1 saturated carbocycles. The van der Waals surface area contributed by atoms with E-state index >= 15 is 0 Å². The Labute approximate surface area is 116 Å². The third kappa shape index (κ3) is 2.86. The zero-order valence-electron chi connectivity index (χ0n) is 10.5. The molecule has 3 nitrogen and oxygen atoms in total. The fraction of sp³-hybridized carbons (Fsp3) is 0.500. The third-order valence-corrected chi connectivity index (χ3v) is 4.45. The van der Waals surface area contributed by atoms with Gasteiger partial charge in [0.15, 0.2) is 0 Å². The molecule has 0 spiro atoms. The highest BCUT2D eigenvalue weighted by Crippen LogP contribution is 2.33. The average Bonchev–Trinajstić information content (AvgIpc) is 2.35. The summed E-state index contributed by atoms with van der Waals surface area (Å²) in [5.41, 5.74) is 0.654. The minimum Gasteiger partial charge on any atom is -0.494 e. The second-order valence-electron chi connectivity index (χ2n) is 4.68. The van der Waals surface area contributed by atoms with Crippen molar-refractivity contribution in [2.75, 3.05) is 11.9 Å². The van der Waals surface area contributed by atoms with Crippen LogP contribution in [-0.4, -0.2) is 23.4 Å². The molecular weight excluding hydrogens is 294 g/mol. The van der Waals surface area contributed by atoms with E-state index in [9.17, 15) is 4.79 Å². The maximum Gasteiger partial charge on any atom is 0.251 e. The Balaban J connectivity index is 2.00. The van der Waals surface area contributed by atoms with E-state index in [1.165, 1.54) is 6.42 Å². The van der Waals surface area contributed by atoms with E-state index in [0.29, 0.717) is 12.2 Å². The number of hydrogen-bond donors (Lipinski definition) is 1. The maximum atomic E-state index is 12.1. The Morgan fingerprint density at radius 1 is 1.39 bits per heavy atom. The van der Waals surface area contributed by atoms with Gasteiger partial charge in [-0.05, 0) is 50.5 Å². The average molecular weight is 312 g/mol. The summed E-state index contributed by atoms with van der Waals surface area (Å²) in [6.07, 6.45) is 3.30. The van der Waals surface area contributed by atoms with E-state index in [1.807, 2.05) is 19.1 Å². The Bertz CT molecular complexity index is 407. The van der Waals surface area contributed by atoms with Crippen molar-refractivity contribution < 1.29 is 9.53 Å². The lowest BCUT2D eigenvalue weighted by atomic mass is 9.78. The Hall–Kier alpha value is -1.03. The van der Waals surface area contributed by atoms with Gasteiger partial charge >= 0.3 is 0 Å². The van der Waals surface area contributed by atoms with Crippen molar-refractivity contribution in [2.24, 2.45) is 0 Å². The lowest BCUT2D eigenvalue weighted by Crippen LogP contribution is -2.54. The van der Waals surface area contributed by atoms with Crippen LogP contribution in [0.15, 0.2) is 24.3 Å². The topological polar surface area (TPSA) is 38.3 Å². The van der Waals surface area contributed by atoms with Gasteiger partial charge in [0.05, 0.1) is 12.1 Å². The number of carbonyl (C=O) groups excluding carboxylic acids is 1. The van der Waals surface area contributed by atoms with Crippen molar-refractivity contribution >= 4 is 21.8 Å². The molecule has 0 saturated heterocycles. The van der Waals surface area contributed by atoms with Gasteiger partial charge in [-0.2, -0.15) is 0 Å². The van der Waals surface area contributed by atoms with Crippen LogP contribution in [0.25, 0.3) is 0 Å². The fourth-order valence-corrected chi connectivity index (χ4v) is 2.78. The highest BCUT2D eigenvalue weighted by Gasteiger charge is 2.37. The predicted molar refractivity (Wildman–Crippen MR) is 75.5 cm³/mol. The summed E-state index contributed by atoms with van der Waals surface area (Å²) in [5.74, 6) is 0.796. The normalized spacial score (nSPS) is 16.8. The van der Waals surface area contributed by atoms with Crippen LogP contribution >= 0.6 is 15.9 Å². The molecule has 1 aromatic carbocycles. The molecule has 0 aromatic heterocycles. The summed E-state index contributed by atoms with van der Waals surface area (Å²) in [4.78, 5) is 12.1. The van der Waals surface area contributed by atoms with Crippen LogP contribution in [0.1, 0.15) is 36.5 Å². The monoisotopic (exact) mass is 311 g/mol. The molecule has 2 rings (SSSR count). The fourth-order valence-electron chi connectivity index (χ4n) is 2.08. The van der Waals surface area contributed by atoms with Crippen molar-refractivity contribution in [3.8, 4) is 5.75 Å². The largest absolute Gasteiger partial charge is 0.494 e. The minimum atomic E-state index is -0.0321. The van der Waals surface area contributed by atoms with Gasteiger partial charge in [0.2, 0.25) is 0 Å². The van der Waals surface area contributed by atoms with Gasteiger partial charge in [-0.25, -0.2) is 0 Å². The first kappa shape index (κ1) is 13.4. The quantitative estimate of drug-likeness (QED) is 0.848. The van der Waals surface area contributed by atoms with Crippen LogP contribution in [0.3, 0.4) is 0 Å². The number of nitrogens with one attached hydrogen (secondary N) is 1. The predicted octanol–water partition coefficient (Wildman–Crippen LogP) is 3.13. The van der Waals surface area contributed by atoms with Gasteiger partial charge in [0, 0.05) is 10.9 Å². The zero-order chi connectivity index (χ0) is 13.0. The molecule has 1 N–H and O–H groups in total. The number of ether oxygens (including phenoxy) is 1. The van der Waals surface area contributed by atoms with Crippen LogP contribution < -0.4 is 10.1 Å². The molecule has 0 bridgehead atoms. The molecule has 1 amide bonds. The zero-order valence-corrected chi connectivity index (χ0v) is 12.1. The number of alkyl halides is 1. The summed E-state index contributed by atoms with van der Waals surface area (Å²) >= 11 is 3.48. The Kier molecular flexibility index (Phi) is 4.27. The minimum absolute atomic E-state index is 0.00259. The van der Waals surface area contributed by atoms with E-state index in [-0.39, 0.29) is 11.4 Å². The SMILES string of the molecule is CCOc1ccc(C(=O)NC2(CBr)CCC2)cc1. The summed E-state index contributed by atoms with van der Waals surface area (Å²) in [6.45, 7) is 2.58. The molecule has 1 fully saturated rings. The molecule has 1 aliphatic rings. The first-order valence-electron chi connectivity index (χ1n) is 6.30. The van der Waals surface area contributed by atoms with Gasteiger partial charge < -0.3 is 10.1 Å². The second kappa shape index (κ2) is 5.74. The smallest absolute Gasteiger partial charge is 0.251 e. The molecule has 0 unspecified atom stereocenters. The lowest BCUT2D eigenvalue weighted by molar-refractivity contribution is 0.0856. The lowest BCUT2D eigenvalue weighted by Gasteiger charge is -2.41. The number of amides is 1.